The second-order valence-corrected chi connectivity index (χ2v) is 10.1. The molecular weight excluding hydrogens is 530 g/mol. The summed E-state index contributed by atoms with van der Waals surface area (Å²) < 4.78 is 17.7. The smallest absolute Gasteiger partial charge is 0.325 e. The van der Waals surface area contributed by atoms with Crippen molar-refractivity contribution in [1.29, 1.82) is 0 Å². The highest BCUT2D eigenvalue weighted by Crippen LogP contribution is 2.55. The van der Waals surface area contributed by atoms with Gasteiger partial charge in [0.05, 0.1) is 14.2 Å². The third kappa shape index (κ3) is 3.58. The Labute approximate surface area is 224 Å². The van der Waals surface area contributed by atoms with E-state index in [1.807, 2.05) is 18.2 Å². The van der Waals surface area contributed by atoms with Crippen LogP contribution in [0.15, 0.2) is 95.5 Å². The van der Waals surface area contributed by atoms with Gasteiger partial charge in [-0.15, -0.1) is 0 Å². The van der Waals surface area contributed by atoms with E-state index in [0.717, 1.165) is 26.7 Å². The van der Waals surface area contributed by atoms with Crippen molar-refractivity contribution in [2.75, 3.05) is 21.0 Å². The Balaban J connectivity index is 1.56. The van der Waals surface area contributed by atoms with Crippen LogP contribution in [0.4, 0.5) is 0 Å². The Morgan fingerprint density at radius 2 is 1.43 bits per heavy atom. The lowest BCUT2D eigenvalue weighted by atomic mass is 9.78. The van der Waals surface area contributed by atoms with Crippen LogP contribution < -0.4 is 9.47 Å². The van der Waals surface area contributed by atoms with Crippen LogP contribution in [-0.4, -0.2) is 37.9 Å². The van der Waals surface area contributed by atoms with Crippen LogP contribution >= 0.6 is 15.9 Å². The van der Waals surface area contributed by atoms with Gasteiger partial charge in [-0.25, -0.2) is 4.90 Å². The topological polar surface area (TPSA) is 48.0 Å². The lowest BCUT2D eigenvalue weighted by Crippen LogP contribution is -2.51. The van der Waals surface area contributed by atoms with E-state index in [1.165, 1.54) is 11.1 Å². The summed E-state index contributed by atoms with van der Waals surface area (Å²) in [6.07, 6.45) is 0.443. The molecule has 1 fully saturated rings. The van der Waals surface area contributed by atoms with Crippen LogP contribution in [0.5, 0.6) is 11.5 Å². The second kappa shape index (κ2) is 9.36. The van der Waals surface area contributed by atoms with E-state index >= 15 is 0 Å². The van der Waals surface area contributed by atoms with Crippen LogP contribution in [0.3, 0.4) is 0 Å². The maximum absolute atomic E-state index is 13.4. The first-order valence-corrected chi connectivity index (χ1v) is 13.0. The number of halogens is 1. The predicted molar refractivity (Wildman–Crippen MR) is 146 cm³/mol. The van der Waals surface area contributed by atoms with Crippen molar-refractivity contribution in [2.24, 2.45) is 0 Å². The average Bonchev–Trinajstić information content (AvgIpc) is 3.45. The van der Waals surface area contributed by atoms with Crippen molar-refractivity contribution >= 4 is 21.9 Å². The van der Waals surface area contributed by atoms with Gasteiger partial charge in [-0.2, -0.15) is 0 Å². The fourth-order valence-corrected chi connectivity index (χ4v) is 6.39. The van der Waals surface area contributed by atoms with Crippen molar-refractivity contribution in [2.45, 2.75) is 18.0 Å². The van der Waals surface area contributed by atoms with Crippen molar-refractivity contribution in [3.8, 4) is 22.6 Å². The summed E-state index contributed by atoms with van der Waals surface area (Å²) in [7, 11) is 3.22. The van der Waals surface area contributed by atoms with E-state index in [2.05, 4.69) is 93.6 Å². The molecule has 6 heteroatoms. The quantitative estimate of drug-likeness (QED) is 0.266. The van der Waals surface area contributed by atoms with Crippen LogP contribution in [-0.2, 0) is 21.5 Å². The first kappa shape index (κ1) is 23.8. The van der Waals surface area contributed by atoms with Gasteiger partial charge in [-0.05, 0) is 45.5 Å². The third-order valence-corrected chi connectivity index (χ3v) is 8.24. The second-order valence-electron chi connectivity index (χ2n) is 9.25. The molecule has 37 heavy (non-hydrogen) atoms. The summed E-state index contributed by atoms with van der Waals surface area (Å²) in [4.78, 5) is 15.6. The summed E-state index contributed by atoms with van der Waals surface area (Å²) in [5.74, 6) is 1.01. The van der Waals surface area contributed by atoms with Gasteiger partial charge in [-0.3, -0.25) is 4.79 Å². The Morgan fingerprint density at radius 3 is 2.05 bits per heavy atom. The van der Waals surface area contributed by atoms with Crippen LogP contribution in [0.25, 0.3) is 11.1 Å². The Bertz CT molecular complexity index is 1440. The first-order valence-electron chi connectivity index (χ1n) is 12.2. The fraction of sp³-hybridized carbons (Fsp3) is 0.194. The van der Waals surface area contributed by atoms with E-state index in [4.69, 9.17) is 14.2 Å². The molecule has 1 atom stereocenters. The fourth-order valence-electron chi connectivity index (χ4n) is 5.91. The first-order chi connectivity index (χ1) is 18.1. The minimum Gasteiger partial charge on any atom is -0.493 e. The van der Waals surface area contributed by atoms with Crippen LogP contribution in [0, 0.1) is 0 Å². The van der Waals surface area contributed by atoms with Gasteiger partial charge in [0.15, 0.2) is 11.5 Å². The molecule has 0 saturated carbocycles. The van der Waals surface area contributed by atoms with E-state index in [1.54, 1.807) is 14.2 Å². The van der Waals surface area contributed by atoms with Crippen LogP contribution in [0.1, 0.15) is 22.3 Å². The molecule has 1 heterocycles. The number of esters is 1. The molecule has 0 N–H and O–H groups in total. The Morgan fingerprint density at radius 1 is 0.865 bits per heavy atom. The maximum Gasteiger partial charge on any atom is 0.325 e. The number of nitrogens with zero attached hydrogens (tertiary/aromatic N) is 1. The summed E-state index contributed by atoms with van der Waals surface area (Å²) in [6.45, 7) is 0.186. The van der Waals surface area contributed by atoms with Crippen molar-refractivity contribution in [3.63, 3.8) is 0 Å². The number of fused-ring (bicyclic) bond motifs is 3. The zero-order valence-electron chi connectivity index (χ0n) is 20.6. The SMILES string of the molecule is COc1cc(Br)c(CC2C(=O)OCN2C2(c3ccccc3)c3ccccc3-c3ccccc32)cc1OC. The van der Waals surface area contributed by atoms with E-state index in [9.17, 15) is 4.79 Å². The molecule has 1 saturated heterocycles. The summed E-state index contributed by atoms with van der Waals surface area (Å²) in [5.41, 5.74) is 6.00. The maximum atomic E-state index is 13.4. The molecule has 4 aromatic carbocycles. The zero-order chi connectivity index (χ0) is 25.6. The molecule has 1 unspecified atom stereocenters. The molecule has 5 nitrogen and oxygen atoms in total. The highest BCUT2D eigenvalue weighted by atomic mass is 79.9. The number of rotatable bonds is 6. The molecule has 1 aliphatic heterocycles. The number of benzene rings is 4. The molecule has 0 amide bonds. The predicted octanol–water partition coefficient (Wildman–Crippen LogP) is 6.17. The Hall–Kier alpha value is -3.61. The molecule has 186 valence electrons. The number of ether oxygens (including phenoxy) is 3. The normalized spacial score (nSPS) is 17.7. The lowest BCUT2D eigenvalue weighted by molar-refractivity contribution is -0.139. The monoisotopic (exact) mass is 555 g/mol. The van der Waals surface area contributed by atoms with Crippen LogP contribution in [0.2, 0.25) is 0 Å². The molecule has 0 spiro atoms. The third-order valence-electron chi connectivity index (χ3n) is 7.51. The Kier molecular flexibility index (Phi) is 6.01. The molecule has 4 aromatic rings. The van der Waals surface area contributed by atoms with Crippen molar-refractivity contribution in [1.82, 2.24) is 4.90 Å². The molecule has 0 aromatic heterocycles. The van der Waals surface area contributed by atoms with E-state index in [-0.39, 0.29) is 12.7 Å². The van der Waals surface area contributed by atoms with Crippen molar-refractivity contribution < 1.29 is 19.0 Å². The highest BCUT2D eigenvalue weighted by Gasteiger charge is 2.55. The highest BCUT2D eigenvalue weighted by molar-refractivity contribution is 9.10. The van der Waals surface area contributed by atoms with Gasteiger partial charge in [0.25, 0.3) is 0 Å². The summed E-state index contributed by atoms with van der Waals surface area (Å²) in [5, 5.41) is 0. The number of hydrogen-bond acceptors (Lipinski definition) is 5. The molecular formula is C31H26BrNO4. The number of methoxy groups -OCH3 is 2. The van der Waals surface area contributed by atoms with E-state index in [0.29, 0.717) is 17.9 Å². The molecule has 2 aliphatic rings. The minimum atomic E-state index is -0.686. The standard InChI is InChI=1S/C31H26BrNO4/c1-35-28-17-20(26(32)18-29(28)36-2)16-27-30(34)37-19-33(27)31(21-10-4-3-5-11-21)24-14-8-6-12-22(24)23-13-7-9-15-25(23)31/h3-15,17-18,27H,16,19H2,1-2H3. The zero-order valence-corrected chi connectivity index (χ0v) is 22.2. The number of cyclic esters (lactones) is 1. The van der Waals surface area contributed by atoms with Crippen molar-refractivity contribution in [3.05, 3.63) is 118 Å². The molecule has 1 aliphatic carbocycles. The number of carbonyl (C=O) groups is 1. The molecule has 0 bridgehead atoms. The largest absolute Gasteiger partial charge is 0.493 e. The molecule has 0 radical (unpaired) electrons. The van der Waals surface area contributed by atoms with Gasteiger partial charge < -0.3 is 14.2 Å². The molecule has 6 rings (SSSR count). The van der Waals surface area contributed by atoms with E-state index < -0.39 is 11.6 Å². The number of carbonyl (C=O) groups excluding carboxylic acids is 1. The van der Waals surface area contributed by atoms with Gasteiger partial charge >= 0.3 is 5.97 Å². The average molecular weight is 556 g/mol. The van der Waals surface area contributed by atoms with Gasteiger partial charge in [0.2, 0.25) is 0 Å². The van der Waals surface area contributed by atoms with Gasteiger partial charge in [0.1, 0.15) is 18.3 Å². The van der Waals surface area contributed by atoms with Gasteiger partial charge in [0, 0.05) is 10.9 Å². The van der Waals surface area contributed by atoms with Gasteiger partial charge in [-0.1, -0.05) is 94.8 Å². The summed E-state index contributed by atoms with van der Waals surface area (Å²) in [6, 6.07) is 30.7. The number of hydrogen-bond donors (Lipinski definition) is 0. The summed E-state index contributed by atoms with van der Waals surface area (Å²) >= 11 is 3.69. The minimum absolute atomic E-state index is 0.186. The lowest BCUT2D eigenvalue weighted by Gasteiger charge is -2.42.